The minimum absolute atomic E-state index is 0.158. The lowest BCUT2D eigenvalue weighted by molar-refractivity contribution is 0.0952. The van der Waals surface area contributed by atoms with Gasteiger partial charge in [-0.15, -0.1) is 0 Å². The number of hydrogen-bond donors (Lipinski definition) is 1. The van der Waals surface area contributed by atoms with Crippen molar-refractivity contribution in [3.8, 4) is 0 Å². The number of carbonyl (C=O) groups excluding carboxylic acids is 1. The second-order valence-corrected chi connectivity index (χ2v) is 6.72. The summed E-state index contributed by atoms with van der Waals surface area (Å²) in [6, 6.07) is 3.95. The van der Waals surface area contributed by atoms with Crippen molar-refractivity contribution >= 4 is 5.91 Å². The molecule has 134 valence electrons. The molecule has 1 aliphatic carbocycles. The molecule has 1 amide bonds. The zero-order valence-corrected chi connectivity index (χ0v) is 14.5. The number of nitrogens with one attached hydrogen (secondary N) is 1. The molecule has 3 nitrogen and oxygen atoms in total. The Hall–Kier alpha value is -1.49. The summed E-state index contributed by atoms with van der Waals surface area (Å²) in [5.41, 5.74) is 0.158. The quantitative estimate of drug-likeness (QED) is 0.723. The Morgan fingerprint density at radius 1 is 1.12 bits per heavy atom. The number of unbranched alkanes of at least 4 members (excludes halogenated alkanes) is 2. The van der Waals surface area contributed by atoms with Crippen LogP contribution in [0.2, 0.25) is 0 Å². The highest BCUT2D eigenvalue weighted by Gasteiger charge is 2.17. The summed E-state index contributed by atoms with van der Waals surface area (Å²) in [4.78, 5) is 14.3. The third kappa shape index (κ3) is 5.86. The molecule has 0 unspecified atom stereocenters. The third-order valence-corrected chi connectivity index (χ3v) is 4.85. The average Bonchev–Trinajstić information content (AvgIpc) is 2.60. The van der Waals surface area contributed by atoms with Crippen LogP contribution in [0.3, 0.4) is 0 Å². The average molecular weight is 338 g/mol. The maximum Gasteiger partial charge on any atom is 0.251 e. The van der Waals surface area contributed by atoms with E-state index in [4.69, 9.17) is 0 Å². The summed E-state index contributed by atoms with van der Waals surface area (Å²) in [7, 11) is 2.21. The second kappa shape index (κ2) is 9.72. The van der Waals surface area contributed by atoms with Crippen LogP contribution in [-0.4, -0.2) is 37.0 Å². The molecule has 0 spiro atoms. The van der Waals surface area contributed by atoms with Crippen molar-refractivity contribution in [2.24, 2.45) is 0 Å². The second-order valence-electron chi connectivity index (χ2n) is 6.72. The lowest BCUT2D eigenvalue weighted by atomic mass is 9.94. The monoisotopic (exact) mass is 338 g/mol. The Kier molecular flexibility index (Phi) is 7.63. The highest BCUT2D eigenvalue weighted by Crippen LogP contribution is 2.21. The number of carbonyl (C=O) groups is 1. The number of halogens is 2. The van der Waals surface area contributed by atoms with E-state index in [-0.39, 0.29) is 11.5 Å². The summed E-state index contributed by atoms with van der Waals surface area (Å²) in [6.07, 6.45) is 9.79. The van der Waals surface area contributed by atoms with Gasteiger partial charge in [0, 0.05) is 18.2 Å². The van der Waals surface area contributed by atoms with Gasteiger partial charge in [0.05, 0.1) is 0 Å². The molecule has 0 heterocycles. The fourth-order valence-corrected chi connectivity index (χ4v) is 3.31. The summed E-state index contributed by atoms with van der Waals surface area (Å²) in [5, 5.41) is 2.76. The molecule has 5 heteroatoms. The smallest absolute Gasteiger partial charge is 0.251 e. The maximum absolute atomic E-state index is 13.1. The van der Waals surface area contributed by atoms with Crippen LogP contribution in [0.5, 0.6) is 0 Å². The van der Waals surface area contributed by atoms with E-state index >= 15 is 0 Å². The highest BCUT2D eigenvalue weighted by atomic mass is 19.2. The van der Waals surface area contributed by atoms with E-state index in [0.29, 0.717) is 6.54 Å². The van der Waals surface area contributed by atoms with E-state index in [1.807, 2.05) is 0 Å². The largest absolute Gasteiger partial charge is 0.352 e. The van der Waals surface area contributed by atoms with Crippen LogP contribution in [0.4, 0.5) is 8.78 Å². The van der Waals surface area contributed by atoms with Gasteiger partial charge in [-0.1, -0.05) is 25.7 Å². The molecule has 0 aromatic heterocycles. The molecular weight excluding hydrogens is 310 g/mol. The molecule has 0 atom stereocenters. The summed E-state index contributed by atoms with van der Waals surface area (Å²) < 4.78 is 25.9. The summed E-state index contributed by atoms with van der Waals surface area (Å²) >= 11 is 0. The number of hydrogen-bond acceptors (Lipinski definition) is 2. The van der Waals surface area contributed by atoms with Crippen molar-refractivity contribution in [1.29, 1.82) is 0 Å². The maximum atomic E-state index is 13.1. The molecule has 0 radical (unpaired) electrons. The van der Waals surface area contributed by atoms with Crippen LogP contribution in [0.15, 0.2) is 18.2 Å². The molecule has 1 aliphatic rings. The molecule has 1 aromatic carbocycles. The lowest BCUT2D eigenvalue weighted by Gasteiger charge is -2.31. The minimum Gasteiger partial charge on any atom is -0.352 e. The van der Waals surface area contributed by atoms with E-state index in [1.54, 1.807) is 0 Å². The van der Waals surface area contributed by atoms with Crippen molar-refractivity contribution in [2.75, 3.05) is 20.1 Å². The predicted molar refractivity (Wildman–Crippen MR) is 92.0 cm³/mol. The van der Waals surface area contributed by atoms with Crippen molar-refractivity contribution < 1.29 is 13.6 Å². The molecule has 0 bridgehead atoms. The molecule has 1 saturated carbocycles. The summed E-state index contributed by atoms with van der Waals surface area (Å²) in [5.74, 6) is -2.28. The molecule has 0 aliphatic heterocycles. The molecule has 24 heavy (non-hydrogen) atoms. The van der Waals surface area contributed by atoms with E-state index in [1.165, 1.54) is 38.2 Å². The van der Waals surface area contributed by atoms with Crippen LogP contribution >= 0.6 is 0 Å². The fraction of sp³-hybridized carbons (Fsp3) is 0.632. The molecular formula is C19H28F2N2O. The first-order valence-corrected chi connectivity index (χ1v) is 9.01. The van der Waals surface area contributed by atoms with Gasteiger partial charge >= 0.3 is 0 Å². The molecule has 1 N–H and O–H groups in total. The van der Waals surface area contributed by atoms with E-state index < -0.39 is 11.6 Å². The Bertz CT molecular complexity index is 530. The Labute approximate surface area is 143 Å². The normalized spacial score (nSPS) is 15.7. The zero-order chi connectivity index (χ0) is 17.4. The van der Waals surface area contributed by atoms with Gasteiger partial charge in [-0.3, -0.25) is 4.79 Å². The Morgan fingerprint density at radius 2 is 1.88 bits per heavy atom. The van der Waals surface area contributed by atoms with Crippen LogP contribution in [0.25, 0.3) is 0 Å². The topological polar surface area (TPSA) is 32.3 Å². The van der Waals surface area contributed by atoms with Crippen molar-refractivity contribution in [2.45, 2.75) is 57.4 Å². The van der Waals surface area contributed by atoms with Gasteiger partial charge in [0.1, 0.15) is 0 Å². The third-order valence-electron chi connectivity index (χ3n) is 4.85. The van der Waals surface area contributed by atoms with Crippen molar-refractivity contribution in [1.82, 2.24) is 10.2 Å². The van der Waals surface area contributed by atoms with Gasteiger partial charge in [-0.25, -0.2) is 8.78 Å². The minimum atomic E-state index is -0.992. The van der Waals surface area contributed by atoms with Crippen LogP contribution < -0.4 is 5.32 Å². The van der Waals surface area contributed by atoms with Gasteiger partial charge in [0.15, 0.2) is 11.6 Å². The van der Waals surface area contributed by atoms with Crippen LogP contribution in [0, 0.1) is 11.6 Å². The number of rotatable bonds is 8. The van der Waals surface area contributed by atoms with Crippen molar-refractivity contribution in [3.63, 3.8) is 0 Å². The van der Waals surface area contributed by atoms with E-state index in [9.17, 15) is 13.6 Å². The number of nitrogens with zero attached hydrogens (tertiary/aromatic N) is 1. The zero-order valence-electron chi connectivity index (χ0n) is 14.5. The standard InChI is InChI=1S/C19H28F2N2O/c1-23(16-8-4-2-5-9-16)13-7-3-6-12-22-19(24)15-10-11-17(20)18(21)14-15/h10-11,14,16H,2-9,12-13H2,1H3,(H,22,24). The first-order chi connectivity index (χ1) is 11.6. The lowest BCUT2D eigenvalue weighted by Crippen LogP contribution is -2.34. The van der Waals surface area contributed by atoms with Crippen molar-refractivity contribution in [3.05, 3.63) is 35.4 Å². The van der Waals surface area contributed by atoms with Gasteiger partial charge in [0.25, 0.3) is 5.91 Å². The van der Waals surface area contributed by atoms with Gasteiger partial charge in [-0.05, 0) is 57.5 Å². The summed E-state index contributed by atoms with van der Waals surface area (Å²) in [6.45, 7) is 1.66. The molecule has 1 fully saturated rings. The molecule has 2 rings (SSSR count). The number of benzene rings is 1. The highest BCUT2D eigenvalue weighted by molar-refractivity contribution is 5.94. The fourth-order valence-electron chi connectivity index (χ4n) is 3.31. The molecule has 0 saturated heterocycles. The van der Waals surface area contributed by atoms with Gasteiger partial charge in [-0.2, -0.15) is 0 Å². The SMILES string of the molecule is CN(CCCCCNC(=O)c1ccc(F)c(F)c1)C1CCCCC1. The van der Waals surface area contributed by atoms with Gasteiger partial charge in [0.2, 0.25) is 0 Å². The molecule has 1 aromatic rings. The van der Waals surface area contributed by atoms with Crippen LogP contribution in [-0.2, 0) is 0 Å². The van der Waals surface area contributed by atoms with Gasteiger partial charge < -0.3 is 10.2 Å². The van der Waals surface area contributed by atoms with E-state index in [2.05, 4.69) is 17.3 Å². The Balaban J connectivity index is 1.57. The predicted octanol–water partition coefficient (Wildman–Crippen LogP) is 4.13. The first kappa shape index (κ1) is 18.8. The number of amides is 1. The first-order valence-electron chi connectivity index (χ1n) is 9.01. The Morgan fingerprint density at radius 3 is 2.58 bits per heavy atom. The van der Waals surface area contributed by atoms with E-state index in [0.717, 1.165) is 44.0 Å². The van der Waals surface area contributed by atoms with Crippen LogP contribution in [0.1, 0.15) is 61.7 Å².